The van der Waals surface area contributed by atoms with Gasteiger partial charge in [0.25, 0.3) is 0 Å². The Labute approximate surface area is 130 Å². The first-order valence-electron chi connectivity index (χ1n) is 7.37. The fourth-order valence-electron chi connectivity index (χ4n) is 2.80. The van der Waals surface area contributed by atoms with Gasteiger partial charge in [0.1, 0.15) is 5.75 Å². The molecule has 3 heteroatoms. The molecular formula is C18H20ClNO. The highest BCUT2D eigenvalue weighted by Gasteiger charge is 2.22. The van der Waals surface area contributed by atoms with Gasteiger partial charge in [0.15, 0.2) is 0 Å². The Kier molecular flexibility index (Phi) is 3.92. The highest BCUT2D eigenvalue weighted by Crippen LogP contribution is 2.37. The summed E-state index contributed by atoms with van der Waals surface area (Å²) in [5, 5.41) is 0.725. The predicted molar refractivity (Wildman–Crippen MR) is 87.2 cm³/mol. The van der Waals surface area contributed by atoms with E-state index in [9.17, 15) is 0 Å². The largest absolute Gasteiger partial charge is 0.493 e. The Morgan fingerprint density at radius 1 is 1.10 bits per heavy atom. The van der Waals surface area contributed by atoms with Gasteiger partial charge < -0.3 is 10.5 Å². The van der Waals surface area contributed by atoms with Gasteiger partial charge in [0.05, 0.1) is 12.6 Å². The summed E-state index contributed by atoms with van der Waals surface area (Å²) in [5.41, 5.74) is 11.0. The van der Waals surface area contributed by atoms with Crippen molar-refractivity contribution in [1.29, 1.82) is 0 Å². The second kappa shape index (κ2) is 5.70. The fraction of sp³-hybridized carbons (Fsp3) is 0.333. The van der Waals surface area contributed by atoms with E-state index in [-0.39, 0.29) is 6.04 Å². The Morgan fingerprint density at radius 2 is 1.76 bits per heavy atom. The van der Waals surface area contributed by atoms with Crippen LogP contribution in [-0.2, 0) is 6.42 Å². The van der Waals surface area contributed by atoms with Crippen molar-refractivity contribution in [2.24, 2.45) is 5.73 Å². The summed E-state index contributed by atoms with van der Waals surface area (Å²) < 4.78 is 5.75. The average molecular weight is 302 g/mol. The first-order valence-corrected chi connectivity index (χ1v) is 7.74. The summed E-state index contributed by atoms with van der Waals surface area (Å²) in [7, 11) is 0. The van der Waals surface area contributed by atoms with Gasteiger partial charge in [-0.3, -0.25) is 0 Å². The van der Waals surface area contributed by atoms with Gasteiger partial charge >= 0.3 is 0 Å². The zero-order valence-electron chi connectivity index (χ0n) is 12.4. The third-order valence-electron chi connectivity index (χ3n) is 4.07. The van der Waals surface area contributed by atoms with Crippen LogP contribution in [0.3, 0.4) is 0 Å². The molecule has 1 unspecified atom stereocenters. The van der Waals surface area contributed by atoms with E-state index in [1.54, 1.807) is 0 Å². The third-order valence-corrected chi connectivity index (χ3v) is 4.29. The summed E-state index contributed by atoms with van der Waals surface area (Å²) in [6.45, 7) is 5.08. The van der Waals surface area contributed by atoms with Gasteiger partial charge in [-0.2, -0.15) is 0 Å². The quantitative estimate of drug-likeness (QED) is 0.909. The van der Waals surface area contributed by atoms with Crippen molar-refractivity contribution in [3.8, 4) is 5.75 Å². The van der Waals surface area contributed by atoms with E-state index in [1.807, 2.05) is 12.1 Å². The number of nitrogens with two attached hydrogens (primary N) is 1. The van der Waals surface area contributed by atoms with E-state index < -0.39 is 0 Å². The molecule has 1 heterocycles. The van der Waals surface area contributed by atoms with Crippen LogP contribution in [0.2, 0.25) is 5.02 Å². The fourth-order valence-corrected chi connectivity index (χ4v) is 3.05. The number of halogens is 1. The zero-order chi connectivity index (χ0) is 15.0. The van der Waals surface area contributed by atoms with Crippen molar-refractivity contribution in [3.63, 3.8) is 0 Å². The molecule has 0 amide bonds. The van der Waals surface area contributed by atoms with Gasteiger partial charge in [0.2, 0.25) is 0 Å². The predicted octanol–water partition coefficient (Wildman–Crippen LogP) is 4.45. The molecule has 0 aliphatic carbocycles. The van der Waals surface area contributed by atoms with Crippen LogP contribution in [0.1, 0.15) is 48.1 Å². The van der Waals surface area contributed by atoms with Crippen LogP contribution in [0, 0.1) is 0 Å². The van der Waals surface area contributed by atoms with Gasteiger partial charge in [0, 0.05) is 17.0 Å². The first kappa shape index (κ1) is 14.4. The first-order chi connectivity index (χ1) is 10.1. The lowest BCUT2D eigenvalue weighted by atomic mass is 9.94. The van der Waals surface area contributed by atoms with Crippen molar-refractivity contribution < 1.29 is 4.74 Å². The lowest BCUT2D eigenvalue weighted by molar-refractivity contribution is 0.352. The molecular weight excluding hydrogens is 282 g/mol. The molecule has 1 aliphatic rings. The van der Waals surface area contributed by atoms with Crippen LogP contribution in [0.4, 0.5) is 0 Å². The van der Waals surface area contributed by atoms with Crippen LogP contribution < -0.4 is 10.5 Å². The maximum atomic E-state index is 6.45. The maximum absolute atomic E-state index is 6.45. The summed E-state index contributed by atoms with van der Waals surface area (Å²) in [5.74, 6) is 1.44. The minimum Gasteiger partial charge on any atom is -0.493 e. The molecule has 2 nitrogen and oxygen atoms in total. The van der Waals surface area contributed by atoms with Crippen LogP contribution >= 0.6 is 11.6 Å². The van der Waals surface area contributed by atoms with Crippen LogP contribution in [-0.4, -0.2) is 6.61 Å². The maximum Gasteiger partial charge on any atom is 0.127 e. The smallest absolute Gasteiger partial charge is 0.127 e. The van der Waals surface area contributed by atoms with Gasteiger partial charge in [-0.1, -0.05) is 49.7 Å². The summed E-state index contributed by atoms with van der Waals surface area (Å²) in [4.78, 5) is 0. The Morgan fingerprint density at radius 3 is 2.43 bits per heavy atom. The Balaban J connectivity index is 1.97. The lowest BCUT2D eigenvalue weighted by Crippen LogP contribution is -2.13. The van der Waals surface area contributed by atoms with Gasteiger partial charge in [-0.25, -0.2) is 0 Å². The molecule has 0 radical (unpaired) electrons. The van der Waals surface area contributed by atoms with E-state index >= 15 is 0 Å². The highest BCUT2D eigenvalue weighted by atomic mass is 35.5. The number of hydrogen-bond acceptors (Lipinski definition) is 2. The van der Waals surface area contributed by atoms with Crippen LogP contribution in [0.25, 0.3) is 0 Å². The lowest BCUT2D eigenvalue weighted by Gasteiger charge is -2.17. The zero-order valence-corrected chi connectivity index (χ0v) is 13.2. The van der Waals surface area contributed by atoms with E-state index in [1.165, 1.54) is 5.56 Å². The summed E-state index contributed by atoms with van der Waals surface area (Å²) in [6.07, 6.45) is 0.905. The minimum atomic E-state index is -0.211. The van der Waals surface area contributed by atoms with E-state index in [2.05, 4.69) is 38.1 Å². The van der Waals surface area contributed by atoms with Crippen molar-refractivity contribution in [1.82, 2.24) is 0 Å². The van der Waals surface area contributed by atoms with Crippen molar-refractivity contribution >= 4 is 11.6 Å². The topological polar surface area (TPSA) is 35.2 Å². The van der Waals surface area contributed by atoms with Crippen molar-refractivity contribution in [2.45, 2.75) is 32.2 Å². The molecule has 2 N–H and O–H groups in total. The van der Waals surface area contributed by atoms with Crippen molar-refractivity contribution in [3.05, 3.63) is 63.7 Å². The number of hydrogen-bond donors (Lipinski definition) is 1. The molecule has 2 aromatic rings. The normalized spacial score (nSPS) is 14.9. The highest BCUT2D eigenvalue weighted by molar-refractivity contribution is 6.30. The van der Waals surface area contributed by atoms with Crippen LogP contribution in [0.15, 0.2) is 36.4 Å². The number of rotatable bonds is 3. The molecule has 0 aromatic heterocycles. The average Bonchev–Trinajstić information content (AvgIpc) is 2.93. The summed E-state index contributed by atoms with van der Waals surface area (Å²) >= 11 is 6.22. The molecule has 0 saturated heterocycles. The molecule has 21 heavy (non-hydrogen) atoms. The summed E-state index contributed by atoms with van der Waals surface area (Å²) in [6, 6.07) is 12.2. The van der Waals surface area contributed by atoms with Crippen LogP contribution in [0.5, 0.6) is 5.75 Å². The van der Waals surface area contributed by atoms with E-state index in [0.717, 1.165) is 33.9 Å². The minimum absolute atomic E-state index is 0.211. The monoisotopic (exact) mass is 301 g/mol. The number of fused-ring (bicyclic) bond motifs is 1. The molecule has 1 aliphatic heterocycles. The molecule has 1 atom stereocenters. The molecule has 0 fully saturated rings. The molecule has 3 rings (SSSR count). The number of benzene rings is 2. The second-order valence-electron chi connectivity index (χ2n) is 5.88. The van der Waals surface area contributed by atoms with E-state index in [4.69, 9.17) is 22.1 Å². The van der Waals surface area contributed by atoms with Gasteiger partial charge in [-0.15, -0.1) is 0 Å². The molecule has 110 valence electrons. The Hall–Kier alpha value is -1.51. The second-order valence-corrected chi connectivity index (χ2v) is 6.32. The molecule has 0 bridgehead atoms. The number of ether oxygens (including phenoxy) is 1. The van der Waals surface area contributed by atoms with Gasteiger partial charge in [-0.05, 0) is 34.7 Å². The Bertz CT molecular complexity index is 649. The standard InChI is InChI=1S/C18H20ClNO/c1-11(2)12-3-5-13(6-4-12)17(20)16-10-15(19)9-14-7-8-21-18(14)16/h3-6,9-11,17H,7-8,20H2,1-2H3. The SMILES string of the molecule is CC(C)c1ccc(C(N)c2cc(Cl)cc3c2OCC3)cc1. The molecule has 0 saturated carbocycles. The molecule has 0 spiro atoms. The third kappa shape index (κ3) is 2.78. The molecule has 2 aromatic carbocycles. The van der Waals surface area contributed by atoms with Crippen molar-refractivity contribution in [2.75, 3.05) is 6.61 Å². The van der Waals surface area contributed by atoms with E-state index in [0.29, 0.717) is 12.5 Å².